The van der Waals surface area contributed by atoms with Crippen LogP contribution in [0.25, 0.3) is 16.6 Å². The number of ether oxygens (including phenoxy) is 1. The van der Waals surface area contributed by atoms with Crippen LogP contribution in [-0.2, 0) is 4.79 Å². The van der Waals surface area contributed by atoms with Gasteiger partial charge in [0.1, 0.15) is 16.6 Å². The lowest BCUT2D eigenvalue weighted by Crippen LogP contribution is -2.40. The quantitative estimate of drug-likeness (QED) is 0.511. The average Bonchev–Trinajstić information content (AvgIpc) is 3.20. The normalized spacial score (nSPS) is 10.6. The predicted molar refractivity (Wildman–Crippen MR) is 105 cm³/mol. The van der Waals surface area contributed by atoms with E-state index in [-0.39, 0.29) is 5.56 Å². The molecule has 1 aromatic heterocycles. The van der Waals surface area contributed by atoms with Gasteiger partial charge in [-0.1, -0.05) is 0 Å². The van der Waals surface area contributed by atoms with Crippen LogP contribution in [0.2, 0.25) is 0 Å². The van der Waals surface area contributed by atoms with E-state index in [1.54, 1.807) is 13.2 Å². The van der Waals surface area contributed by atoms with Crippen LogP contribution >= 0.6 is 11.3 Å². The van der Waals surface area contributed by atoms with Crippen LogP contribution in [0.15, 0.2) is 60.0 Å². The molecule has 0 aliphatic heterocycles. The summed E-state index contributed by atoms with van der Waals surface area (Å²) in [6.07, 6.45) is 2.81. The van der Waals surface area contributed by atoms with Gasteiger partial charge in [-0.3, -0.25) is 20.4 Å². The number of thiazole rings is 1. The number of carbonyl (C=O) groups is 2. The Morgan fingerprint density at radius 3 is 2.46 bits per heavy atom. The molecule has 3 aromatic rings. The van der Waals surface area contributed by atoms with Gasteiger partial charge in [-0.15, -0.1) is 11.3 Å². The molecular weight excluding hydrogens is 381 g/mol. The molecule has 1 heterocycles. The lowest BCUT2D eigenvalue weighted by Gasteiger charge is -2.04. The summed E-state index contributed by atoms with van der Waals surface area (Å²) in [4.78, 5) is 28.1. The van der Waals surface area contributed by atoms with E-state index in [4.69, 9.17) is 4.74 Å². The first-order chi connectivity index (χ1) is 13.5. The fraction of sp³-hybridized carbons (Fsp3) is 0.0500. The first-order valence-electron chi connectivity index (χ1n) is 8.19. The third-order valence-electron chi connectivity index (χ3n) is 3.67. The molecule has 0 atom stereocenters. The highest BCUT2D eigenvalue weighted by atomic mass is 32.1. The Morgan fingerprint density at radius 1 is 1.07 bits per heavy atom. The third-order valence-corrected chi connectivity index (χ3v) is 4.58. The van der Waals surface area contributed by atoms with Gasteiger partial charge in [-0.2, -0.15) is 0 Å². The molecule has 28 heavy (non-hydrogen) atoms. The summed E-state index contributed by atoms with van der Waals surface area (Å²) in [6.45, 7) is 0. The van der Waals surface area contributed by atoms with Gasteiger partial charge in [0.05, 0.1) is 12.8 Å². The van der Waals surface area contributed by atoms with Crippen molar-refractivity contribution in [2.75, 3.05) is 7.11 Å². The highest BCUT2D eigenvalue weighted by Crippen LogP contribution is 2.26. The fourth-order valence-electron chi connectivity index (χ4n) is 2.22. The molecule has 2 N–H and O–H groups in total. The maximum atomic E-state index is 12.8. The van der Waals surface area contributed by atoms with Crippen molar-refractivity contribution in [2.45, 2.75) is 0 Å². The smallest absolute Gasteiger partial charge is 0.269 e. The van der Waals surface area contributed by atoms with E-state index in [1.807, 2.05) is 29.6 Å². The Hall–Kier alpha value is -3.52. The number of amides is 2. The molecule has 0 aliphatic rings. The maximum absolute atomic E-state index is 12.8. The second-order valence-corrected chi connectivity index (χ2v) is 6.45. The molecule has 0 spiro atoms. The van der Waals surface area contributed by atoms with Gasteiger partial charge in [-0.05, 0) is 54.6 Å². The van der Waals surface area contributed by atoms with Gasteiger partial charge in [0, 0.05) is 22.6 Å². The first kappa shape index (κ1) is 19.2. The summed E-state index contributed by atoms with van der Waals surface area (Å²) < 4.78 is 18.0. The number of aromatic nitrogens is 1. The van der Waals surface area contributed by atoms with E-state index in [1.165, 1.54) is 41.7 Å². The topological polar surface area (TPSA) is 80.3 Å². The standard InChI is InChI=1S/C20H16FN3O3S/c1-27-17-9-4-14(5-10-17)20-22-16(12-28-20)8-11-18(25)23-24-19(26)13-2-6-15(21)7-3-13/h2-12H,1H3,(H,23,25)(H,24,26)/b11-8+. The Morgan fingerprint density at radius 2 is 1.79 bits per heavy atom. The zero-order valence-corrected chi connectivity index (χ0v) is 15.6. The van der Waals surface area contributed by atoms with Crippen LogP contribution in [0.5, 0.6) is 5.75 Å². The summed E-state index contributed by atoms with van der Waals surface area (Å²) in [6, 6.07) is 12.5. The second-order valence-electron chi connectivity index (χ2n) is 5.59. The number of hydrogen-bond donors (Lipinski definition) is 2. The number of halogens is 1. The maximum Gasteiger partial charge on any atom is 0.269 e. The Kier molecular flexibility index (Phi) is 6.13. The SMILES string of the molecule is COc1ccc(-c2nc(/C=C/C(=O)NNC(=O)c3ccc(F)cc3)cs2)cc1. The number of nitrogens with one attached hydrogen (secondary N) is 2. The van der Waals surface area contributed by atoms with Gasteiger partial charge in [0.2, 0.25) is 0 Å². The van der Waals surface area contributed by atoms with Crippen molar-refractivity contribution in [3.8, 4) is 16.3 Å². The zero-order chi connectivity index (χ0) is 19.9. The zero-order valence-electron chi connectivity index (χ0n) is 14.8. The minimum Gasteiger partial charge on any atom is -0.497 e. The Labute approximate surface area is 164 Å². The molecule has 2 aromatic carbocycles. The summed E-state index contributed by atoms with van der Waals surface area (Å²) in [5.74, 6) is -0.743. The second kappa shape index (κ2) is 8.92. The Balaban J connectivity index is 1.54. The Bertz CT molecular complexity index is 998. The van der Waals surface area contributed by atoms with Gasteiger partial charge in [0.25, 0.3) is 11.8 Å². The summed E-state index contributed by atoms with van der Waals surface area (Å²) in [7, 11) is 1.61. The van der Waals surface area contributed by atoms with Gasteiger partial charge < -0.3 is 4.74 Å². The molecule has 2 amide bonds. The summed E-state index contributed by atoms with van der Waals surface area (Å²) in [5.41, 5.74) is 6.31. The number of benzene rings is 2. The van der Waals surface area contributed by atoms with Crippen LogP contribution in [-0.4, -0.2) is 23.9 Å². The van der Waals surface area contributed by atoms with Crippen LogP contribution in [0, 0.1) is 5.82 Å². The molecule has 0 fully saturated rings. The third kappa shape index (κ3) is 5.01. The number of rotatable bonds is 5. The van der Waals surface area contributed by atoms with Crippen molar-refractivity contribution in [1.82, 2.24) is 15.8 Å². The van der Waals surface area contributed by atoms with E-state index in [9.17, 15) is 14.0 Å². The van der Waals surface area contributed by atoms with Crippen LogP contribution in [0.3, 0.4) is 0 Å². The van der Waals surface area contributed by atoms with Crippen molar-refractivity contribution >= 4 is 29.2 Å². The van der Waals surface area contributed by atoms with Crippen molar-refractivity contribution in [3.05, 3.63) is 77.1 Å². The number of hydrazine groups is 1. The molecular formula is C20H16FN3O3S. The average molecular weight is 397 g/mol. The van der Waals surface area contributed by atoms with Crippen LogP contribution in [0.4, 0.5) is 4.39 Å². The first-order valence-corrected chi connectivity index (χ1v) is 9.07. The van der Waals surface area contributed by atoms with Gasteiger partial charge in [0.15, 0.2) is 0 Å². The molecule has 0 aliphatic carbocycles. The number of carbonyl (C=O) groups excluding carboxylic acids is 2. The predicted octanol–water partition coefficient (Wildman–Crippen LogP) is 3.43. The van der Waals surface area contributed by atoms with Crippen molar-refractivity contribution in [3.63, 3.8) is 0 Å². The molecule has 3 rings (SSSR count). The van der Waals surface area contributed by atoms with E-state index in [0.29, 0.717) is 5.69 Å². The van der Waals surface area contributed by atoms with E-state index >= 15 is 0 Å². The van der Waals surface area contributed by atoms with Gasteiger partial charge >= 0.3 is 0 Å². The van der Waals surface area contributed by atoms with E-state index in [2.05, 4.69) is 15.8 Å². The minimum atomic E-state index is -0.544. The molecule has 142 valence electrons. The lowest BCUT2D eigenvalue weighted by molar-refractivity contribution is -0.117. The van der Waals surface area contributed by atoms with E-state index < -0.39 is 17.6 Å². The van der Waals surface area contributed by atoms with Crippen LogP contribution < -0.4 is 15.6 Å². The number of nitrogens with zero attached hydrogens (tertiary/aromatic N) is 1. The van der Waals surface area contributed by atoms with Crippen molar-refractivity contribution in [2.24, 2.45) is 0 Å². The summed E-state index contributed by atoms with van der Waals surface area (Å²) >= 11 is 1.45. The van der Waals surface area contributed by atoms with Crippen LogP contribution in [0.1, 0.15) is 16.1 Å². The van der Waals surface area contributed by atoms with Crippen molar-refractivity contribution in [1.29, 1.82) is 0 Å². The molecule has 0 radical (unpaired) electrons. The lowest BCUT2D eigenvalue weighted by atomic mass is 10.2. The van der Waals surface area contributed by atoms with Crippen molar-refractivity contribution < 1.29 is 18.7 Å². The highest BCUT2D eigenvalue weighted by Gasteiger charge is 2.07. The molecule has 0 saturated carbocycles. The molecule has 0 unspecified atom stereocenters. The highest BCUT2D eigenvalue weighted by molar-refractivity contribution is 7.13. The fourth-order valence-corrected chi connectivity index (χ4v) is 3.02. The van der Waals surface area contributed by atoms with E-state index in [0.717, 1.165) is 16.3 Å². The molecule has 0 saturated heterocycles. The molecule has 6 nitrogen and oxygen atoms in total. The minimum absolute atomic E-state index is 0.231. The molecule has 0 bridgehead atoms. The van der Waals surface area contributed by atoms with Gasteiger partial charge in [-0.25, -0.2) is 9.37 Å². The number of methoxy groups -OCH3 is 1. The monoisotopic (exact) mass is 397 g/mol. The number of hydrogen-bond acceptors (Lipinski definition) is 5. The summed E-state index contributed by atoms with van der Waals surface area (Å²) in [5, 5.41) is 2.63. The molecule has 8 heteroatoms. The largest absolute Gasteiger partial charge is 0.497 e.